The fraction of sp³-hybridized carbons (Fsp3) is 0.583. The summed E-state index contributed by atoms with van der Waals surface area (Å²) in [6.45, 7) is 4.66. The standard InChI is InChI=1S/C12H20N2O5S/c1-4-9(5-6-15)14-20(18,19)11-7(2)10(12(16)17)13-8(11)3/h9,13-15H,4-6H2,1-3H3,(H,16,17). The number of aryl methyl sites for hydroxylation is 1. The van der Waals surface area contributed by atoms with E-state index >= 15 is 0 Å². The van der Waals surface area contributed by atoms with Crippen LogP contribution in [0.3, 0.4) is 0 Å². The molecule has 0 aromatic carbocycles. The zero-order valence-electron chi connectivity index (χ0n) is 11.7. The normalized spacial score (nSPS) is 13.4. The largest absolute Gasteiger partial charge is 0.477 e. The summed E-state index contributed by atoms with van der Waals surface area (Å²) in [4.78, 5) is 13.6. The Morgan fingerprint density at radius 3 is 2.40 bits per heavy atom. The quantitative estimate of drug-likeness (QED) is 0.593. The van der Waals surface area contributed by atoms with Crippen molar-refractivity contribution in [2.75, 3.05) is 6.61 Å². The smallest absolute Gasteiger partial charge is 0.352 e. The third-order valence-corrected chi connectivity index (χ3v) is 4.94. The molecule has 0 spiro atoms. The van der Waals surface area contributed by atoms with E-state index < -0.39 is 16.0 Å². The molecule has 0 aliphatic carbocycles. The van der Waals surface area contributed by atoms with Gasteiger partial charge >= 0.3 is 5.97 Å². The van der Waals surface area contributed by atoms with E-state index in [1.54, 1.807) is 0 Å². The fourth-order valence-corrected chi connectivity index (χ4v) is 3.93. The van der Waals surface area contributed by atoms with Crippen LogP contribution in [0.5, 0.6) is 0 Å². The summed E-state index contributed by atoms with van der Waals surface area (Å²) in [6.07, 6.45) is 0.845. The number of aromatic carboxylic acids is 1. The molecule has 1 unspecified atom stereocenters. The third-order valence-electron chi connectivity index (χ3n) is 3.14. The summed E-state index contributed by atoms with van der Waals surface area (Å²) in [6, 6.07) is -0.382. The summed E-state index contributed by atoms with van der Waals surface area (Å²) in [5, 5.41) is 17.9. The second kappa shape index (κ2) is 6.38. The Morgan fingerprint density at radius 2 is 2.00 bits per heavy atom. The van der Waals surface area contributed by atoms with Gasteiger partial charge in [0.05, 0.1) is 0 Å². The molecular weight excluding hydrogens is 284 g/mol. The van der Waals surface area contributed by atoms with E-state index in [0.29, 0.717) is 12.8 Å². The maximum atomic E-state index is 12.3. The van der Waals surface area contributed by atoms with E-state index in [9.17, 15) is 13.2 Å². The van der Waals surface area contributed by atoms with Gasteiger partial charge in [0.25, 0.3) is 0 Å². The van der Waals surface area contributed by atoms with E-state index in [1.807, 2.05) is 6.92 Å². The molecule has 7 nitrogen and oxygen atoms in total. The average molecular weight is 304 g/mol. The van der Waals surface area contributed by atoms with Crippen molar-refractivity contribution < 1.29 is 23.4 Å². The van der Waals surface area contributed by atoms with Crippen LogP contribution in [-0.2, 0) is 10.0 Å². The topological polar surface area (TPSA) is 119 Å². The Bertz CT molecular complexity index is 591. The van der Waals surface area contributed by atoms with Crippen molar-refractivity contribution >= 4 is 16.0 Å². The maximum absolute atomic E-state index is 12.3. The van der Waals surface area contributed by atoms with Crippen molar-refractivity contribution in [3.63, 3.8) is 0 Å². The first kappa shape index (κ1) is 16.7. The predicted molar refractivity (Wildman–Crippen MR) is 73.3 cm³/mol. The molecule has 1 atom stereocenters. The van der Waals surface area contributed by atoms with Gasteiger partial charge in [0.1, 0.15) is 10.6 Å². The monoisotopic (exact) mass is 304 g/mol. The number of rotatable bonds is 7. The molecule has 0 radical (unpaired) electrons. The number of hydrogen-bond donors (Lipinski definition) is 4. The predicted octanol–water partition coefficient (Wildman–Crippen LogP) is 0.769. The maximum Gasteiger partial charge on any atom is 0.352 e. The van der Waals surface area contributed by atoms with Gasteiger partial charge in [0, 0.05) is 23.9 Å². The summed E-state index contributed by atoms with van der Waals surface area (Å²) >= 11 is 0. The van der Waals surface area contributed by atoms with Crippen molar-refractivity contribution in [1.82, 2.24) is 9.71 Å². The number of carboxylic acid groups (broad SMARTS) is 1. The van der Waals surface area contributed by atoms with Crippen LogP contribution in [0, 0.1) is 13.8 Å². The molecule has 4 N–H and O–H groups in total. The minimum absolute atomic E-state index is 0.0358. The van der Waals surface area contributed by atoms with Crippen molar-refractivity contribution in [3.05, 3.63) is 17.0 Å². The molecule has 0 bridgehead atoms. The lowest BCUT2D eigenvalue weighted by Crippen LogP contribution is -2.35. The minimum Gasteiger partial charge on any atom is -0.477 e. The summed E-state index contributed by atoms with van der Waals surface area (Å²) < 4.78 is 27.2. The number of aliphatic hydroxyl groups excluding tert-OH is 1. The summed E-state index contributed by atoms with van der Waals surface area (Å²) in [5.41, 5.74) is 0.339. The van der Waals surface area contributed by atoms with Gasteiger partial charge in [-0.1, -0.05) is 6.92 Å². The third kappa shape index (κ3) is 3.38. The van der Waals surface area contributed by atoms with Crippen molar-refractivity contribution in [1.29, 1.82) is 0 Å². The van der Waals surface area contributed by atoms with E-state index in [2.05, 4.69) is 9.71 Å². The minimum atomic E-state index is -3.82. The van der Waals surface area contributed by atoms with Gasteiger partial charge in [-0.25, -0.2) is 17.9 Å². The molecule has 1 aromatic heterocycles. The van der Waals surface area contributed by atoms with E-state index in [-0.39, 0.29) is 34.5 Å². The lowest BCUT2D eigenvalue weighted by Gasteiger charge is -2.16. The molecule has 0 aliphatic rings. The Kier molecular flexibility index (Phi) is 5.32. The van der Waals surface area contributed by atoms with Gasteiger partial charge in [-0.05, 0) is 26.7 Å². The first-order chi connectivity index (χ1) is 9.24. The highest BCUT2D eigenvalue weighted by molar-refractivity contribution is 7.89. The highest BCUT2D eigenvalue weighted by atomic mass is 32.2. The molecule has 1 aromatic rings. The SMILES string of the molecule is CCC(CCO)NS(=O)(=O)c1c(C)[nH]c(C(=O)O)c1C. The molecule has 0 aliphatic heterocycles. The van der Waals surface area contributed by atoms with Crippen LogP contribution in [-0.4, -0.2) is 42.2 Å². The van der Waals surface area contributed by atoms with Crippen molar-refractivity contribution in [2.24, 2.45) is 0 Å². The number of H-pyrrole nitrogens is 1. The molecule has 1 rings (SSSR count). The lowest BCUT2D eigenvalue weighted by atomic mass is 10.2. The molecule has 1 heterocycles. The van der Waals surface area contributed by atoms with Gasteiger partial charge < -0.3 is 15.2 Å². The number of carboxylic acids is 1. The Morgan fingerprint density at radius 1 is 1.40 bits per heavy atom. The van der Waals surface area contributed by atoms with E-state index in [1.165, 1.54) is 13.8 Å². The molecule has 0 saturated heterocycles. The number of carbonyl (C=O) groups is 1. The van der Waals surface area contributed by atoms with Gasteiger partial charge in [-0.2, -0.15) is 0 Å². The number of hydrogen-bond acceptors (Lipinski definition) is 4. The highest BCUT2D eigenvalue weighted by Gasteiger charge is 2.27. The average Bonchev–Trinajstić information content (AvgIpc) is 2.64. The van der Waals surface area contributed by atoms with E-state index in [4.69, 9.17) is 10.2 Å². The number of aromatic nitrogens is 1. The molecule has 0 amide bonds. The zero-order valence-corrected chi connectivity index (χ0v) is 12.5. The van der Waals surface area contributed by atoms with Crippen LogP contribution >= 0.6 is 0 Å². The van der Waals surface area contributed by atoms with Crippen molar-refractivity contribution in [2.45, 2.75) is 44.6 Å². The van der Waals surface area contributed by atoms with Crippen LogP contribution in [0.15, 0.2) is 4.90 Å². The fourth-order valence-electron chi connectivity index (χ4n) is 2.13. The van der Waals surface area contributed by atoms with Gasteiger partial charge in [0.15, 0.2) is 0 Å². The van der Waals surface area contributed by atoms with Crippen LogP contribution in [0.25, 0.3) is 0 Å². The van der Waals surface area contributed by atoms with Crippen LogP contribution in [0.2, 0.25) is 0 Å². The number of nitrogens with one attached hydrogen (secondary N) is 2. The molecule has 114 valence electrons. The second-order valence-corrected chi connectivity index (χ2v) is 6.27. The Hall–Kier alpha value is -1.38. The number of aromatic amines is 1. The number of sulfonamides is 1. The lowest BCUT2D eigenvalue weighted by molar-refractivity contribution is 0.0690. The molecule has 8 heteroatoms. The highest BCUT2D eigenvalue weighted by Crippen LogP contribution is 2.23. The van der Waals surface area contributed by atoms with E-state index in [0.717, 1.165) is 0 Å². The summed E-state index contributed by atoms with van der Waals surface area (Å²) in [5.74, 6) is -1.20. The van der Waals surface area contributed by atoms with Gasteiger partial charge in [-0.3, -0.25) is 0 Å². The molecule has 0 saturated carbocycles. The van der Waals surface area contributed by atoms with Gasteiger partial charge in [0.2, 0.25) is 10.0 Å². The van der Waals surface area contributed by atoms with Crippen LogP contribution in [0.4, 0.5) is 0 Å². The second-order valence-electron chi connectivity index (χ2n) is 4.62. The molecule has 20 heavy (non-hydrogen) atoms. The first-order valence-corrected chi connectivity index (χ1v) is 7.78. The number of aliphatic hydroxyl groups is 1. The van der Waals surface area contributed by atoms with Gasteiger partial charge in [-0.15, -0.1) is 0 Å². The van der Waals surface area contributed by atoms with Crippen LogP contribution < -0.4 is 4.72 Å². The van der Waals surface area contributed by atoms with Crippen molar-refractivity contribution in [3.8, 4) is 0 Å². The summed E-state index contributed by atoms with van der Waals surface area (Å²) in [7, 11) is -3.82. The first-order valence-electron chi connectivity index (χ1n) is 6.30. The Labute approximate surface area is 118 Å². The zero-order chi connectivity index (χ0) is 15.5. The Balaban J connectivity index is 3.19. The molecule has 0 fully saturated rings. The van der Waals surface area contributed by atoms with Crippen LogP contribution in [0.1, 0.15) is 41.5 Å². The molecular formula is C12H20N2O5S.